The molecule has 31 heavy (non-hydrogen) atoms. The Kier molecular flexibility index (Phi) is 7.27. The number of alkyl halides is 2. The molecule has 0 unspecified atom stereocenters. The van der Waals surface area contributed by atoms with Gasteiger partial charge in [0.25, 0.3) is 0 Å². The number of carbonyl (C=O) groups excluding carboxylic acids is 1. The van der Waals surface area contributed by atoms with Crippen molar-refractivity contribution in [1.82, 2.24) is 4.31 Å². The number of benzene rings is 2. The van der Waals surface area contributed by atoms with E-state index in [9.17, 15) is 22.0 Å². The Labute approximate surface area is 181 Å². The van der Waals surface area contributed by atoms with Crippen molar-refractivity contribution in [2.24, 2.45) is 5.92 Å². The fourth-order valence-electron chi connectivity index (χ4n) is 3.50. The summed E-state index contributed by atoms with van der Waals surface area (Å²) in [4.78, 5) is 12.8. The first kappa shape index (κ1) is 23.1. The molecule has 3 rings (SSSR count). The predicted molar refractivity (Wildman–Crippen MR) is 114 cm³/mol. The molecule has 0 spiro atoms. The first-order valence-corrected chi connectivity index (χ1v) is 11.6. The summed E-state index contributed by atoms with van der Waals surface area (Å²) < 4.78 is 55.9. The Hall–Kier alpha value is -2.52. The van der Waals surface area contributed by atoms with Crippen LogP contribution in [-0.4, -0.2) is 38.3 Å². The summed E-state index contributed by atoms with van der Waals surface area (Å²) in [7, 11) is -3.60. The molecule has 1 aliphatic heterocycles. The molecule has 0 radical (unpaired) electrons. The highest BCUT2D eigenvalue weighted by atomic mass is 32.2. The van der Waals surface area contributed by atoms with E-state index in [0.29, 0.717) is 24.4 Å². The summed E-state index contributed by atoms with van der Waals surface area (Å²) in [6.45, 7) is 1.70. The monoisotopic (exact) mass is 452 g/mol. The number of hydrogen-bond acceptors (Lipinski definition) is 4. The summed E-state index contributed by atoms with van der Waals surface area (Å²) in [6.07, 6.45) is 0.809. The van der Waals surface area contributed by atoms with Crippen LogP contribution in [0, 0.1) is 5.92 Å². The lowest BCUT2D eigenvalue weighted by Gasteiger charge is -2.30. The lowest BCUT2D eigenvalue weighted by molar-refractivity contribution is -0.120. The van der Waals surface area contributed by atoms with Gasteiger partial charge in [-0.2, -0.15) is 13.1 Å². The molecule has 2 aromatic carbocycles. The zero-order valence-electron chi connectivity index (χ0n) is 17.4. The maximum Gasteiger partial charge on any atom is 0.387 e. The number of halogens is 2. The molecule has 0 bridgehead atoms. The highest BCUT2D eigenvalue weighted by molar-refractivity contribution is 7.89. The minimum atomic E-state index is -3.60. The molecule has 168 valence electrons. The third-order valence-corrected chi connectivity index (χ3v) is 7.27. The quantitative estimate of drug-likeness (QED) is 0.674. The van der Waals surface area contributed by atoms with Crippen molar-refractivity contribution >= 4 is 21.6 Å². The molecule has 0 saturated carbocycles. The molecule has 0 aliphatic carbocycles. The van der Waals surface area contributed by atoms with Crippen molar-refractivity contribution in [3.63, 3.8) is 0 Å². The van der Waals surface area contributed by atoms with Crippen molar-refractivity contribution in [2.75, 3.05) is 18.4 Å². The van der Waals surface area contributed by atoms with E-state index >= 15 is 0 Å². The summed E-state index contributed by atoms with van der Waals surface area (Å²) in [5, 5.41) is 2.74. The van der Waals surface area contributed by atoms with Gasteiger partial charge in [-0.15, -0.1) is 0 Å². The number of hydrogen-bond donors (Lipinski definition) is 1. The Morgan fingerprint density at radius 2 is 1.61 bits per heavy atom. The molecule has 1 saturated heterocycles. The number of nitrogens with one attached hydrogen (secondary N) is 1. The topological polar surface area (TPSA) is 75.7 Å². The maximum atomic E-state index is 12.9. The van der Waals surface area contributed by atoms with E-state index in [2.05, 4.69) is 10.1 Å². The summed E-state index contributed by atoms with van der Waals surface area (Å²) in [5.41, 5.74) is 1.54. The van der Waals surface area contributed by atoms with Gasteiger partial charge in [0.2, 0.25) is 15.9 Å². The highest BCUT2D eigenvalue weighted by Gasteiger charge is 2.32. The first-order valence-electron chi connectivity index (χ1n) is 10.1. The number of anilines is 1. The Bertz CT molecular complexity index is 985. The van der Waals surface area contributed by atoms with Gasteiger partial charge in [0.05, 0.1) is 4.90 Å². The van der Waals surface area contributed by atoms with Crippen molar-refractivity contribution in [1.29, 1.82) is 0 Å². The van der Waals surface area contributed by atoms with E-state index in [1.165, 1.54) is 28.6 Å². The second-order valence-corrected chi connectivity index (χ2v) is 9.73. The van der Waals surface area contributed by atoms with E-state index in [1.807, 2.05) is 26.0 Å². The van der Waals surface area contributed by atoms with Crippen LogP contribution in [0.25, 0.3) is 0 Å². The second-order valence-electron chi connectivity index (χ2n) is 7.79. The fourth-order valence-corrected chi connectivity index (χ4v) is 4.97. The average molecular weight is 453 g/mol. The van der Waals surface area contributed by atoms with Gasteiger partial charge >= 0.3 is 6.61 Å². The first-order chi connectivity index (χ1) is 14.7. The van der Waals surface area contributed by atoms with E-state index in [1.54, 1.807) is 12.1 Å². The third kappa shape index (κ3) is 5.80. The molecule has 6 nitrogen and oxygen atoms in total. The van der Waals surface area contributed by atoms with Crippen molar-refractivity contribution < 1.29 is 26.7 Å². The molecule has 1 heterocycles. The molecule has 0 aromatic heterocycles. The highest BCUT2D eigenvalue weighted by Crippen LogP contribution is 2.26. The molecule has 1 N–H and O–H groups in total. The lowest BCUT2D eigenvalue weighted by Crippen LogP contribution is -2.41. The second kappa shape index (κ2) is 9.74. The SMILES string of the molecule is CC(C)c1ccc(S(=O)(=O)N2CCC(C(=O)Nc3ccc(OC(F)F)cc3)CC2)cc1. The maximum absolute atomic E-state index is 12.9. The molecular formula is C22H26F2N2O4S. The number of nitrogens with zero attached hydrogens (tertiary/aromatic N) is 1. The van der Waals surface area contributed by atoms with Gasteiger partial charge in [0.15, 0.2) is 0 Å². The van der Waals surface area contributed by atoms with Crippen LogP contribution < -0.4 is 10.1 Å². The Morgan fingerprint density at radius 1 is 1.03 bits per heavy atom. The van der Waals surface area contributed by atoms with Crippen LogP contribution in [0.3, 0.4) is 0 Å². The molecule has 1 fully saturated rings. The van der Waals surface area contributed by atoms with Crippen LogP contribution >= 0.6 is 0 Å². The number of sulfonamides is 1. The van der Waals surface area contributed by atoms with Gasteiger partial charge in [0, 0.05) is 24.7 Å². The minimum Gasteiger partial charge on any atom is -0.435 e. The van der Waals surface area contributed by atoms with Crippen LogP contribution in [0.15, 0.2) is 53.4 Å². The van der Waals surface area contributed by atoms with E-state index in [0.717, 1.165) is 5.56 Å². The van der Waals surface area contributed by atoms with E-state index in [-0.39, 0.29) is 35.6 Å². The van der Waals surface area contributed by atoms with Gasteiger partial charge < -0.3 is 10.1 Å². The molecule has 9 heteroatoms. The lowest BCUT2D eigenvalue weighted by atomic mass is 9.97. The zero-order valence-corrected chi connectivity index (χ0v) is 18.2. The van der Waals surface area contributed by atoms with Gasteiger partial charge in [0.1, 0.15) is 5.75 Å². The number of amides is 1. The van der Waals surface area contributed by atoms with Crippen molar-refractivity contribution in [3.8, 4) is 5.75 Å². The van der Waals surface area contributed by atoms with Gasteiger partial charge in [-0.05, 0) is 60.7 Å². The van der Waals surface area contributed by atoms with Crippen LogP contribution in [0.1, 0.15) is 38.2 Å². The average Bonchev–Trinajstić information content (AvgIpc) is 2.75. The van der Waals surface area contributed by atoms with Gasteiger partial charge in [-0.25, -0.2) is 8.42 Å². The van der Waals surface area contributed by atoms with Crippen LogP contribution in [0.4, 0.5) is 14.5 Å². The molecular weight excluding hydrogens is 426 g/mol. The number of rotatable bonds is 7. The normalized spacial score (nSPS) is 15.9. The predicted octanol–water partition coefficient (Wildman–Crippen LogP) is 4.45. The Balaban J connectivity index is 1.56. The smallest absolute Gasteiger partial charge is 0.387 e. The Morgan fingerprint density at radius 3 is 2.13 bits per heavy atom. The minimum absolute atomic E-state index is 0.00735. The molecule has 2 aromatic rings. The van der Waals surface area contributed by atoms with Crippen molar-refractivity contribution in [2.45, 2.75) is 44.1 Å². The van der Waals surface area contributed by atoms with Crippen LogP contribution in [0.2, 0.25) is 0 Å². The largest absolute Gasteiger partial charge is 0.435 e. The number of piperidine rings is 1. The third-order valence-electron chi connectivity index (χ3n) is 5.36. The van der Waals surface area contributed by atoms with E-state index < -0.39 is 16.6 Å². The van der Waals surface area contributed by atoms with Crippen LogP contribution in [-0.2, 0) is 14.8 Å². The summed E-state index contributed by atoms with van der Waals surface area (Å²) in [6, 6.07) is 12.6. The van der Waals surface area contributed by atoms with Crippen LogP contribution in [0.5, 0.6) is 5.75 Å². The number of carbonyl (C=O) groups is 1. The summed E-state index contributed by atoms with van der Waals surface area (Å²) >= 11 is 0. The standard InChI is InChI=1S/C22H26F2N2O4S/c1-15(2)16-3-9-20(10-4-16)31(28,29)26-13-11-17(12-14-26)21(27)25-18-5-7-19(8-6-18)30-22(23)24/h3-10,15,17,22H,11-14H2,1-2H3,(H,25,27). The van der Waals surface area contributed by atoms with Gasteiger partial charge in [-0.1, -0.05) is 26.0 Å². The zero-order chi connectivity index (χ0) is 22.6. The number of ether oxygens (including phenoxy) is 1. The summed E-state index contributed by atoms with van der Waals surface area (Å²) in [5.74, 6) is -0.223. The molecule has 1 amide bonds. The molecule has 0 atom stereocenters. The van der Waals surface area contributed by atoms with E-state index in [4.69, 9.17) is 0 Å². The van der Waals surface area contributed by atoms with Crippen molar-refractivity contribution in [3.05, 3.63) is 54.1 Å². The fraction of sp³-hybridized carbons (Fsp3) is 0.409. The molecule has 1 aliphatic rings. The van der Waals surface area contributed by atoms with Gasteiger partial charge in [-0.3, -0.25) is 4.79 Å².